The Bertz CT molecular complexity index is 1480. The minimum Gasteiger partial charge on any atom is -0.462 e. The molecule has 0 radical (unpaired) electrons. The SMILES string of the molecule is CCOC(=O)c1ccc2c(c1)N(C(=O)N1C3CCC1CC(OCc1c(-c4ccccc4C)noc1C1CC1)C3)CCC2. The van der Waals surface area contributed by atoms with Crippen molar-refractivity contribution in [3.63, 3.8) is 0 Å². The number of hydrogen-bond acceptors (Lipinski definition) is 6. The summed E-state index contributed by atoms with van der Waals surface area (Å²) < 4.78 is 17.7. The third kappa shape index (κ3) is 5.00. The van der Waals surface area contributed by atoms with Crippen molar-refractivity contribution in [2.45, 2.75) is 95.9 Å². The normalized spacial score (nSPS) is 23.1. The number of urea groups is 1. The van der Waals surface area contributed by atoms with Gasteiger partial charge in [-0.05, 0) is 88.5 Å². The molecule has 3 aliphatic heterocycles. The summed E-state index contributed by atoms with van der Waals surface area (Å²) in [6.07, 6.45) is 7.83. The van der Waals surface area contributed by atoms with E-state index in [4.69, 9.17) is 14.0 Å². The number of ether oxygens (including phenoxy) is 2. The van der Waals surface area contributed by atoms with Gasteiger partial charge in [-0.2, -0.15) is 0 Å². The van der Waals surface area contributed by atoms with Crippen molar-refractivity contribution >= 4 is 17.7 Å². The molecule has 3 fully saturated rings. The number of benzene rings is 2. The van der Waals surface area contributed by atoms with E-state index in [2.05, 4.69) is 29.1 Å². The molecule has 4 aliphatic rings. The fourth-order valence-electron chi connectivity index (χ4n) is 7.21. The van der Waals surface area contributed by atoms with Gasteiger partial charge in [-0.25, -0.2) is 9.59 Å². The summed E-state index contributed by atoms with van der Waals surface area (Å²) in [7, 11) is 0. The number of esters is 1. The third-order valence-corrected chi connectivity index (χ3v) is 9.49. The summed E-state index contributed by atoms with van der Waals surface area (Å²) in [5.74, 6) is 1.08. The zero-order chi connectivity index (χ0) is 28.8. The Kier molecular flexibility index (Phi) is 7.26. The van der Waals surface area contributed by atoms with E-state index >= 15 is 0 Å². The largest absolute Gasteiger partial charge is 0.462 e. The summed E-state index contributed by atoms with van der Waals surface area (Å²) in [5.41, 5.74) is 6.70. The number of amides is 2. The van der Waals surface area contributed by atoms with Crippen molar-refractivity contribution in [3.05, 3.63) is 70.5 Å². The van der Waals surface area contributed by atoms with Crippen LogP contribution in [0.15, 0.2) is 47.0 Å². The van der Waals surface area contributed by atoms with Crippen LogP contribution in [0.2, 0.25) is 0 Å². The van der Waals surface area contributed by atoms with Crippen LogP contribution in [0.4, 0.5) is 10.5 Å². The minimum atomic E-state index is -0.348. The van der Waals surface area contributed by atoms with E-state index in [9.17, 15) is 9.59 Å². The molecule has 4 heterocycles. The lowest BCUT2D eigenvalue weighted by molar-refractivity contribution is -0.0165. The summed E-state index contributed by atoms with van der Waals surface area (Å²) in [5, 5.41) is 4.50. The van der Waals surface area contributed by atoms with Crippen LogP contribution in [0.3, 0.4) is 0 Å². The Morgan fingerprint density at radius 3 is 2.57 bits per heavy atom. The number of aryl methyl sites for hydroxylation is 2. The number of hydrogen-bond donors (Lipinski definition) is 0. The van der Waals surface area contributed by atoms with E-state index in [1.54, 1.807) is 6.92 Å². The third-order valence-electron chi connectivity index (χ3n) is 9.49. The van der Waals surface area contributed by atoms with Crippen LogP contribution in [0.25, 0.3) is 11.3 Å². The van der Waals surface area contributed by atoms with Crippen molar-refractivity contribution in [3.8, 4) is 11.3 Å². The topological polar surface area (TPSA) is 85.1 Å². The Hall–Kier alpha value is -3.65. The minimum absolute atomic E-state index is 0.0554. The molecule has 8 nitrogen and oxygen atoms in total. The molecule has 2 unspecified atom stereocenters. The first-order valence-electron chi connectivity index (χ1n) is 15.6. The highest BCUT2D eigenvalue weighted by Crippen LogP contribution is 2.45. The van der Waals surface area contributed by atoms with Gasteiger partial charge in [0.15, 0.2) is 0 Å². The molecule has 8 heteroatoms. The second-order valence-corrected chi connectivity index (χ2v) is 12.3. The number of nitrogens with zero attached hydrogens (tertiary/aromatic N) is 3. The van der Waals surface area contributed by atoms with Gasteiger partial charge in [0, 0.05) is 41.4 Å². The van der Waals surface area contributed by atoms with Gasteiger partial charge in [0.05, 0.1) is 24.9 Å². The molecule has 1 saturated carbocycles. The summed E-state index contributed by atoms with van der Waals surface area (Å²) in [6.45, 7) is 5.37. The molecule has 3 aromatic rings. The molecule has 2 saturated heterocycles. The number of piperidine rings is 1. The maximum Gasteiger partial charge on any atom is 0.338 e. The predicted octanol–water partition coefficient (Wildman–Crippen LogP) is 6.79. The first-order chi connectivity index (χ1) is 20.5. The van der Waals surface area contributed by atoms with Crippen molar-refractivity contribution in [1.82, 2.24) is 10.1 Å². The van der Waals surface area contributed by atoms with E-state index in [0.717, 1.165) is 85.2 Å². The Balaban J connectivity index is 1.06. The van der Waals surface area contributed by atoms with Gasteiger partial charge in [0.2, 0.25) is 0 Å². The average Bonchev–Trinajstić information content (AvgIpc) is 3.71. The molecule has 7 rings (SSSR count). The second kappa shape index (κ2) is 11.2. The molecule has 2 amide bonds. The van der Waals surface area contributed by atoms with E-state index in [1.165, 1.54) is 5.56 Å². The number of rotatable bonds is 7. The maximum atomic E-state index is 14.1. The molecule has 2 bridgehead atoms. The summed E-state index contributed by atoms with van der Waals surface area (Å²) in [4.78, 5) is 30.5. The monoisotopic (exact) mass is 569 g/mol. The van der Waals surface area contributed by atoms with Gasteiger partial charge < -0.3 is 18.9 Å². The zero-order valence-corrected chi connectivity index (χ0v) is 24.5. The molecular weight excluding hydrogens is 530 g/mol. The molecule has 220 valence electrons. The molecule has 42 heavy (non-hydrogen) atoms. The highest BCUT2D eigenvalue weighted by molar-refractivity contribution is 5.97. The number of anilines is 1. The Labute approximate surface area is 246 Å². The quantitative estimate of drug-likeness (QED) is 0.291. The smallest absolute Gasteiger partial charge is 0.338 e. The van der Waals surface area contributed by atoms with Crippen molar-refractivity contribution < 1.29 is 23.6 Å². The average molecular weight is 570 g/mol. The first-order valence-corrected chi connectivity index (χ1v) is 15.6. The van der Waals surface area contributed by atoms with Gasteiger partial charge in [-0.15, -0.1) is 0 Å². The van der Waals surface area contributed by atoms with Crippen LogP contribution in [0, 0.1) is 6.92 Å². The molecule has 2 atom stereocenters. The lowest BCUT2D eigenvalue weighted by Gasteiger charge is -2.42. The second-order valence-electron chi connectivity index (χ2n) is 12.3. The summed E-state index contributed by atoms with van der Waals surface area (Å²) >= 11 is 0. The van der Waals surface area contributed by atoms with Crippen molar-refractivity contribution in [1.29, 1.82) is 0 Å². The van der Waals surface area contributed by atoms with E-state index in [0.29, 0.717) is 31.2 Å². The standard InChI is InChI=1S/C34H39N3O5/c1-3-40-33(38)24-13-10-22-8-6-16-36(30(22)17-24)34(39)37-25-14-15-26(37)19-27(18-25)41-20-29-31(28-9-5-4-7-21(28)2)35-42-32(29)23-11-12-23/h4-5,7,9-10,13,17,23,25-27H,3,6,8,11-12,14-16,18-20H2,1-2H3. The fraction of sp³-hybridized carbons (Fsp3) is 0.500. The van der Waals surface area contributed by atoms with Gasteiger partial charge in [0.1, 0.15) is 11.5 Å². The van der Waals surface area contributed by atoms with Gasteiger partial charge in [-0.1, -0.05) is 35.5 Å². The van der Waals surface area contributed by atoms with Crippen LogP contribution < -0.4 is 4.90 Å². The zero-order valence-electron chi connectivity index (χ0n) is 24.5. The van der Waals surface area contributed by atoms with Crippen LogP contribution in [-0.2, 0) is 22.5 Å². The fourth-order valence-corrected chi connectivity index (χ4v) is 7.21. The van der Waals surface area contributed by atoms with Gasteiger partial charge in [-0.3, -0.25) is 4.90 Å². The highest BCUT2D eigenvalue weighted by atomic mass is 16.5. The predicted molar refractivity (Wildman–Crippen MR) is 159 cm³/mol. The molecule has 1 aliphatic carbocycles. The van der Waals surface area contributed by atoms with Crippen LogP contribution in [-0.4, -0.2) is 53.4 Å². The Morgan fingerprint density at radius 2 is 1.83 bits per heavy atom. The van der Waals surface area contributed by atoms with E-state index < -0.39 is 0 Å². The first kappa shape index (κ1) is 27.2. The number of carbonyl (C=O) groups is 2. The molecule has 0 N–H and O–H groups in total. The van der Waals surface area contributed by atoms with E-state index in [1.807, 2.05) is 35.2 Å². The summed E-state index contributed by atoms with van der Waals surface area (Å²) in [6, 6.07) is 14.3. The van der Waals surface area contributed by atoms with Crippen LogP contribution in [0.1, 0.15) is 90.6 Å². The number of fused-ring (bicyclic) bond motifs is 3. The van der Waals surface area contributed by atoms with Crippen molar-refractivity contribution in [2.24, 2.45) is 0 Å². The molecule has 2 aromatic carbocycles. The number of aromatic nitrogens is 1. The Morgan fingerprint density at radius 1 is 1.05 bits per heavy atom. The van der Waals surface area contributed by atoms with E-state index in [-0.39, 0.29) is 30.2 Å². The maximum absolute atomic E-state index is 14.1. The molecular formula is C34H39N3O5. The number of carbonyl (C=O) groups excluding carboxylic acids is 2. The van der Waals surface area contributed by atoms with Gasteiger partial charge >= 0.3 is 12.0 Å². The van der Waals surface area contributed by atoms with Crippen molar-refractivity contribution in [2.75, 3.05) is 18.1 Å². The van der Waals surface area contributed by atoms with Crippen LogP contribution >= 0.6 is 0 Å². The van der Waals surface area contributed by atoms with Gasteiger partial charge in [0.25, 0.3) is 0 Å². The lowest BCUT2D eigenvalue weighted by atomic mass is 9.97. The molecule has 0 spiro atoms. The van der Waals surface area contributed by atoms with Crippen LogP contribution in [0.5, 0.6) is 0 Å². The lowest BCUT2D eigenvalue weighted by Crippen LogP contribution is -2.54. The molecule has 1 aromatic heterocycles. The highest BCUT2D eigenvalue weighted by Gasteiger charge is 2.46.